The van der Waals surface area contributed by atoms with Gasteiger partial charge in [0.15, 0.2) is 0 Å². The van der Waals surface area contributed by atoms with Gasteiger partial charge < -0.3 is 4.74 Å². The van der Waals surface area contributed by atoms with Gasteiger partial charge in [-0.1, -0.05) is 26.3 Å². The van der Waals surface area contributed by atoms with Gasteiger partial charge in [-0.2, -0.15) is 0 Å². The minimum absolute atomic E-state index is 0.0324. The molecule has 5 heteroatoms. The third-order valence-electron chi connectivity index (χ3n) is 5.04. The van der Waals surface area contributed by atoms with Gasteiger partial charge in [0, 0.05) is 18.3 Å². The van der Waals surface area contributed by atoms with Crippen LogP contribution in [0.2, 0.25) is 0 Å². The molecule has 2 rings (SSSR count). The first-order chi connectivity index (χ1) is 12.3. The quantitative estimate of drug-likeness (QED) is 0.726. The summed E-state index contributed by atoms with van der Waals surface area (Å²) in [4.78, 5) is 21.5. The Kier molecular flexibility index (Phi) is 7.04. The highest BCUT2D eigenvalue weighted by molar-refractivity contribution is 5.87. The lowest BCUT2D eigenvalue weighted by atomic mass is 9.96. The molecule has 1 fully saturated rings. The maximum absolute atomic E-state index is 12.7. The lowest BCUT2D eigenvalue weighted by molar-refractivity contribution is 0.0566. The number of amides is 1. The summed E-state index contributed by atoms with van der Waals surface area (Å²) < 4.78 is 5.60. The van der Waals surface area contributed by atoms with E-state index in [-0.39, 0.29) is 12.1 Å². The molecular weight excluding hydrogens is 326 g/mol. The Bertz CT molecular complexity index is 580. The van der Waals surface area contributed by atoms with Crippen LogP contribution < -0.4 is 4.90 Å². The standard InChI is InChI=1S/C21H35N3O2/c1-7-16(3)24(20(25)26-21(4,5)6)19-13-12-17(15-22-19)18-11-9-10-14-23(18)8-2/h12-13,15-16,18H,7-11,14H2,1-6H3/t16-,18+/m0/s1. The van der Waals surface area contributed by atoms with E-state index in [9.17, 15) is 4.79 Å². The highest BCUT2D eigenvalue weighted by Crippen LogP contribution is 2.31. The number of piperidine rings is 1. The number of carbonyl (C=O) groups excluding carboxylic acids is 1. The fourth-order valence-electron chi connectivity index (χ4n) is 3.48. The Hall–Kier alpha value is -1.62. The molecule has 0 saturated carbocycles. The molecule has 1 aliphatic heterocycles. The van der Waals surface area contributed by atoms with Crippen molar-refractivity contribution in [3.05, 3.63) is 23.9 Å². The molecule has 0 spiro atoms. The largest absolute Gasteiger partial charge is 0.443 e. The summed E-state index contributed by atoms with van der Waals surface area (Å²) in [5, 5.41) is 0. The number of carbonyl (C=O) groups is 1. The second kappa shape index (κ2) is 8.85. The van der Waals surface area contributed by atoms with E-state index >= 15 is 0 Å². The molecule has 0 aliphatic carbocycles. The van der Waals surface area contributed by atoms with Gasteiger partial charge in [-0.25, -0.2) is 9.78 Å². The summed E-state index contributed by atoms with van der Waals surface area (Å²) in [6.07, 6.45) is 6.16. The van der Waals surface area contributed by atoms with Gasteiger partial charge >= 0.3 is 6.09 Å². The highest BCUT2D eigenvalue weighted by atomic mass is 16.6. The van der Waals surface area contributed by atoms with Crippen molar-refractivity contribution in [3.8, 4) is 0 Å². The second-order valence-electron chi connectivity index (χ2n) is 8.20. The van der Waals surface area contributed by atoms with Crippen LogP contribution in [-0.4, -0.2) is 40.7 Å². The minimum Gasteiger partial charge on any atom is -0.443 e. The van der Waals surface area contributed by atoms with Gasteiger partial charge in [-0.05, 0) is 71.7 Å². The molecule has 0 unspecified atom stereocenters. The number of nitrogens with zero attached hydrogens (tertiary/aromatic N) is 3. The Morgan fingerprint density at radius 3 is 2.62 bits per heavy atom. The molecule has 0 aromatic carbocycles. The van der Waals surface area contributed by atoms with E-state index in [1.54, 1.807) is 4.90 Å². The highest BCUT2D eigenvalue weighted by Gasteiger charge is 2.28. The maximum Gasteiger partial charge on any atom is 0.416 e. The Morgan fingerprint density at radius 1 is 1.35 bits per heavy atom. The molecule has 1 aromatic heterocycles. The summed E-state index contributed by atoms with van der Waals surface area (Å²) in [6, 6.07) is 4.56. The summed E-state index contributed by atoms with van der Waals surface area (Å²) >= 11 is 0. The van der Waals surface area contributed by atoms with Crippen molar-refractivity contribution in [1.82, 2.24) is 9.88 Å². The molecule has 0 radical (unpaired) electrons. The van der Waals surface area contributed by atoms with Gasteiger partial charge in [0.05, 0.1) is 0 Å². The first kappa shape index (κ1) is 20.7. The van der Waals surface area contributed by atoms with Crippen molar-refractivity contribution >= 4 is 11.9 Å². The topological polar surface area (TPSA) is 45.7 Å². The minimum atomic E-state index is -0.521. The lowest BCUT2D eigenvalue weighted by Gasteiger charge is -2.35. The Morgan fingerprint density at radius 2 is 2.08 bits per heavy atom. The van der Waals surface area contributed by atoms with E-state index in [0.29, 0.717) is 11.9 Å². The van der Waals surface area contributed by atoms with Crippen molar-refractivity contribution in [2.45, 2.75) is 84.9 Å². The van der Waals surface area contributed by atoms with E-state index in [1.165, 1.54) is 24.8 Å². The monoisotopic (exact) mass is 361 g/mol. The van der Waals surface area contributed by atoms with Gasteiger partial charge in [0.2, 0.25) is 0 Å². The van der Waals surface area contributed by atoms with Crippen LogP contribution >= 0.6 is 0 Å². The van der Waals surface area contributed by atoms with Gasteiger partial charge in [-0.15, -0.1) is 0 Å². The number of aromatic nitrogens is 1. The normalized spacial score (nSPS) is 19.8. The van der Waals surface area contributed by atoms with Crippen LogP contribution in [0.15, 0.2) is 18.3 Å². The number of pyridine rings is 1. The van der Waals surface area contributed by atoms with Crippen LogP contribution in [0.4, 0.5) is 10.6 Å². The maximum atomic E-state index is 12.7. The Labute approximate surface area is 158 Å². The first-order valence-electron chi connectivity index (χ1n) is 9.99. The summed E-state index contributed by atoms with van der Waals surface area (Å²) in [6.45, 7) is 14.2. The van der Waals surface area contributed by atoms with Gasteiger partial charge in [0.25, 0.3) is 0 Å². The molecule has 0 N–H and O–H groups in total. The number of ether oxygens (including phenoxy) is 1. The molecular formula is C21H35N3O2. The zero-order chi connectivity index (χ0) is 19.3. The zero-order valence-electron chi connectivity index (χ0n) is 17.3. The van der Waals surface area contributed by atoms with Crippen LogP contribution in [0.25, 0.3) is 0 Å². The second-order valence-corrected chi connectivity index (χ2v) is 8.20. The molecule has 0 bridgehead atoms. The van der Waals surface area contributed by atoms with Gasteiger partial charge in [0.1, 0.15) is 11.4 Å². The Balaban J connectivity index is 2.22. The van der Waals surface area contributed by atoms with Gasteiger partial charge in [-0.3, -0.25) is 9.80 Å². The van der Waals surface area contributed by atoms with E-state index in [1.807, 2.05) is 40.0 Å². The zero-order valence-corrected chi connectivity index (χ0v) is 17.3. The summed E-state index contributed by atoms with van der Waals surface area (Å²) in [5.41, 5.74) is 0.718. The molecule has 2 heterocycles. The molecule has 146 valence electrons. The number of hydrogen-bond acceptors (Lipinski definition) is 4. The number of rotatable bonds is 5. The first-order valence-corrected chi connectivity index (χ1v) is 9.99. The number of likely N-dealkylation sites (tertiary alicyclic amines) is 1. The third kappa shape index (κ3) is 5.19. The average Bonchev–Trinajstić information content (AvgIpc) is 2.60. The van der Waals surface area contributed by atoms with E-state index < -0.39 is 5.60 Å². The van der Waals surface area contributed by atoms with Crippen LogP contribution in [-0.2, 0) is 4.74 Å². The third-order valence-corrected chi connectivity index (χ3v) is 5.04. The van der Waals surface area contributed by atoms with Crippen molar-refractivity contribution < 1.29 is 9.53 Å². The molecule has 5 nitrogen and oxygen atoms in total. The number of anilines is 1. The lowest BCUT2D eigenvalue weighted by Crippen LogP contribution is -2.42. The average molecular weight is 362 g/mol. The molecule has 2 atom stereocenters. The smallest absolute Gasteiger partial charge is 0.416 e. The molecule has 1 aromatic rings. The molecule has 1 aliphatic rings. The summed E-state index contributed by atoms with van der Waals surface area (Å²) in [5.74, 6) is 0.663. The van der Waals surface area contributed by atoms with Crippen molar-refractivity contribution in [2.75, 3.05) is 18.0 Å². The molecule has 1 saturated heterocycles. The van der Waals surface area contributed by atoms with Crippen LogP contribution in [0.1, 0.15) is 78.8 Å². The predicted octanol–water partition coefficient (Wildman–Crippen LogP) is 5.17. The molecule has 26 heavy (non-hydrogen) atoms. The van der Waals surface area contributed by atoms with Crippen LogP contribution in [0.5, 0.6) is 0 Å². The van der Waals surface area contributed by atoms with E-state index in [2.05, 4.69) is 29.8 Å². The fraction of sp³-hybridized carbons (Fsp3) is 0.714. The number of hydrogen-bond donors (Lipinski definition) is 0. The predicted molar refractivity (Wildman–Crippen MR) is 107 cm³/mol. The summed E-state index contributed by atoms with van der Waals surface area (Å²) in [7, 11) is 0. The SMILES string of the molecule is CC[C@H](C)N(C(=O)OC(C)(C)C)c1ccc([C@H]2CCCCN2CC)cn1. The van der Waals surface area contributed by atoms with E-state index in [4.69, 9.17) is 4.74 Å². The van der Waals surface area contributed by atoms with Crippen molar-refractivity contribution in [3.63, 3.8) is 0 Å². The van der Waals surface area contributed by atoms with Crippen molar-refractivity contribution in [2.24, 2.45) is 0 Å². The van der Waals surface area contributed by atoms with E-state index in [0.717, 1.165) is 19.5 Å². The van der Waals surface area contributed by atoms with Crippen LogP contribution in [0, 0.1) is 0 Å². The van der Waals surface area contributed by atoms with Crippen molar-refractivity contribution in [1.29, 1.82) is 0 Å². The molecule has 1 amide bonds. The fourth-order valence-corrected chi connectivity index (χ4v) is 3.48. The van der Waals surface area contributed by atoms with Crippen LogP contribution in [0.3, 0.4) is 0 Å².